The third-order valence-electron chi connectivity index (χ3n) is 4.25. The number of fused-ring (bicyclic) bond motifs is 1. The molecule has 0 aliphatic carbocycles. The first-order chi connectivity index (χ1) is 10.7. The fourth-order valence-electron chi connectivity index (χ4n) is 2.96. The van der Waals surface area contributed by atoms with Gasteiger partial charge in [0, 0.05) is 29.7 Å². The van der Waals surface area contributed by atoms with Gasteiger partial charge < -0.3 is 15.6 Å². The van der Waals surface area contributed by atoms with E-state index in [1.807, 2.05) is 11.8 Å². The van der Waals surface area contributed by atoms with Gasteiger partial charge in [-0.05, 0) is 48.8 Å². The summed E-state index contributed by atoms with van der Waals surface area (Å²) in [4.78, 5) is 15.3. The van der Waals surface area contributed by atoms with Crippen molar-refractivity contribution in [1.82, 2.24) is 15.6 Å². The number of rotatable bonds is 4. The summed E-state index contributed by atoms with van der Waals surface area (Å²) in [7, 11) is 0. The lowest BCUT2D eigenvalue weighted by atomic mass is 10.1. The molecule has 2 aromatic rings. The van der Waals surface area contributed by atoms with Gasteiger partial charge in [0.05, 0.1) is 0 Å². The molecule has 3 N–H and O–H groups in total. The Morgan fingerprint density at radius 2 is 2.18 bits per heavy atom. The largest absolute Gasteiger partial charge is 0.361 e. The van der Waals surface area contributed by atoms with Gasteiger partial charge in [-0.3, -0.25) is 0 Å². The first-order valence-corrected chi connectivity index (χ1v) is 9.07. The number of aromatic nitrogens is 1. The van der Waals surface area contributed by atoms with Gasteiger partial charge in [0.2, 0.25) is 0 Å². The van der Waals surface area contributed by atoms with Gasteiger partial charge in [-0.25, -0.2) is 4.79 Å². The molecule has 2 heterocycles. The monoisotopic (exact) mass is 317 g/mol. The van der Waals surface area contributed by atoms with Crippen molar-refractivity contribution < 1.29 is 4.79 Å². The molecule has 118 valence electrons. The van der Waals surface area contributed by atoms with Gasteiger partial charge in [-0.15, -0.1) is 0 Å². The van der Waals surface area contributed by atoms with Gasteiger partial charge >= 0.3 is 6.03 Å². The van der Waals surface area contributed by atoms with E-state index in [4.69, 9.17) is 0 Å². The molecule has 5 heteroatoms. The van der Waals surface area contributed by atoms with Crippen molar-refractivity contribution >= 4 is 28.7 Å². The molecular formula is C17H23N3OS. The number of carbonyl (C=O) groups excluding carboxylic acids is 1. The SMILES string of the molecule is Cc1cccc2c(CCNC(=O)NC3CCSCC3)c[nH]c12. The molecule has 3 rings (SSSR count). The summed E-state index contributed by atoms with van der Waals surface area (Å²) in [6.45, 7) is 2.77. The summed E-state index contributed by atoms with van der Waals surface area (Å²) in [6, 6.07) is 6.63. The van der Waals surface area contributed by atoms with Crippen LogP contribution in [-0.4, -0.2) is 35.1 Å². The van der Waals surface area contributed by atoms with Crippen LogP contribution in [0.2, 0.25) is 0 Å². The summed E-state index contributed by atoms with van der Waals surface area (Å²) < 4.78 is 0. The van der Waals surface area contributed by atoms with Crippen LogP contribution in [0.4, 0.5) is 4.79 Å². The van der Waals surface area contributed by atoms with Crippen LogP contribution in [0.25, 0.3) is 10.9 Å². The van der Waals surface area contributed by atoms with Crippen LogP contribution in [0, 0.1) is 6.92 Å². The molecule has 4 nitrogen and oxygen atoms in total. The van der Waals surface area contributed by atoms with E-state index >= 15 is 0 Å². The second-order valence-electron chi connectivity index (χ2n) is 5.85. The highest BCUT2D eigenvalue weighted by Crippen LogP contribution is 2.21. The number of hydrogen-bond acceptors (Lipinski definition) is 2. The molecule has 0 radical (unpaired) electrons. The van der Waals surface area contributed by atoms with Crippen molar-refractivity contribution in [2.24, 2.45) is 0 Å². The maximum atomic E-state index is 11.9. The van der Waals surface area contributed by atoms with Gasteiger partial charge in [0.1, 0.15) is 0 Å². The molecule has 1 aromatic carbocycles. The van der Waals surface area contributed by atoms with E-state index in [1.54, 1.807) is 0 Å². The zero-order valence-corrected chi connectivity index (χ0v) is 13.8. The Morgan fingerprint density at radius 1 is 1.36 bits per heavy atom. The number of amides is 2. The number of hydrogen-bond donors (Lipinski definition) is 3. The van der Waals surface area contributed by atoms with Crippen LogP contribution in [0.5, 0.6) is 0 Å². The average Bonchev–Trinajstić information content (AvgIpc) is 2.93. The summed E-state index contributed by atoms with van der Waals surface area (Å²) >= 11 is 1.97. The minimum atomic E-state index is -0.0343. The zero-order chi connectivity index (χ0) is 15.4. The van der Waals surface area contributed by atoms with Gasteiger partial charge in [-0.2, -0.15) is 11.8 Å². The maximum absolute atomic E-state index is 11.9. The third kappa shape index (κ3) is 3.58. The Kier molecular flexibility index (Phi) is 4.93. The van der Waals surface area contributed by atoms with Crippen LogP contribution >= 0.6 is 11.8 Å². The van der Waals surface area contributed by atoms with Crippen molar-refractivity contribution in [2.75, 3.05) is 18.1 Å². The Hall–Kier alpha value is -1.62. The number of urea groups is 1. The van der Waals surface area contributed by atoms with E-state index in [0.717, 1.165) is 30.8 Å². The fourth-order valence-corrected chi connectivity index (χ4v) is 4.07. The predicted octanol–water partition coefficient (Wildman–Crippen LogP) is 3.21. The molecule has 1 aromatic heterocycles. The number of nitrogens with one attached hydrogen (secondary N) is 3. The Labute approximate surface area is 135 Å². The highest BCUT2D eigenvalue weighted by molar-refractivity contribution is 7.99. The van der Waals surface area contributed by atoms with Crippen LogP contribution < -0.4 is 10.6 Å². The smallest absolute Gasteiger partial charge is 0.315 e. The number of thioether (sulfide) groups is 1. The van der Waals surface area contributed by atoms with E-state index in [0.29, 0.717) is 12.6 Å². The molecular weight excluding hydrogens is 294 g/mol. The van der Waals surface area contributed by atoms with E-state index in [9.17, 15) is 4.79 Å². The molecule has 2 amide bonds. The molecule has 0 atom stereocenters. The normalized spacial score (nSPS) is 15.9. The van der Waals surface area contributed by atoms with E-state index in [1.165, 1.54) is 22.0 Å². The maximum Gasteiger partial charge on any atom is 0.315 e. The van der Waals surface area contributed by atoms with Crippen LogP contribution in [0.1, 0.15) is 24.0 Å². The number of para-hydroxylation sites is 1. The number of benzene rings is 1. The van der Waals surface area contributed by atoms with E-state index in [-0.39, 0.29) is 6.03 Å². The quantitative estimate of drug-likeness (QED) is 0.811. The number of H-pyrrole nitrogens is 1. The summed E-state index contributed by atoms with van der Waals surface area (Å²) in [5, 5.41) is 7.31. The Bertz CT molecular complexity index is 646. The van der Waals surface area contributed by atoms with Crippen molar-refractivity contribution in [3.8, 4) is 0 Å². The lowest BCUT2D eigenvalue weighted by Gasteiger charge is -2.22. The van der Waals surface area contributed by atoms with Crippen LogP contribution in [0.3, 0.4) is 0 Å². The standard InChI is InChI=1S/C17H23N3OS/c1-12-3-2-4-15-13(11-19-16(12)15)5-8-18-17(21)20-14-6-9-22-10-7-14/h2-4,11,14,19H,5-10H2,1H3,(H2,18,20,21). The number of aryl methyl sites for hydroxylation is 1. The molecule has 0 bridgehead atoms. The van der Waals surface area contributed by atoms with Crippen LogP contribution in [0.15, 0.2) is 24.4 Å². The van der Waals surface area contributed by atoms with Gasteiger partial charge in [0.25, 0.3) is 0 Å². The Morgan fingerprint density at radius 3 is 3.00 bits per heavy atom. The third-order valence-corrected chi connectivity index (χ3v) is 5.29. The fraction of sp³-hybridized carbons (Fsp3) is 0.471. The summed E-state index contributed by atoms with van der Waals surface area (Å²) in [5.74, 6) is 2.30. The second kappa shape index (κ2) is 7.09. The van der Waals surface area contributed by atoms with Crippen LogP contribution in [-0.2, 0) is 6.42 Å². The van der Waals surface area contributed by atoms with E-state index in [2.05, 4.69) is 46.9 Å². The lowest BCUT2D eigenvalue weighted by molar-refractivity contribution is 0.236. The van der Waals surface area contributed by atoms with Gasteiger partial charge in [-0.1, -0.05) is 18.2 Å². The minimum Gasteiger partial charge on any atom is -0.361 e. The predicted molar refractivity (Wildman–Crippen MR) is 93.6 cm³/mol. The van der Waals surface area contributed by atoms with Crippen molar-refractivity contribution in [3.63, 3.8) is 0 Å². The van der Waals surface area contributed by atoms with Crippen molar-refractivity contribution in [2.45, 2.75) is 32.2 Å². The van der Waals surface area contributed by atoms with Crippen molar-refractivity contribution in [1.29, 1.82) is 0 Å². The lowest BCUT2D eigenvalue weighted by Crippen LogP contribution is -2.44. The molecule has 1 fully saturated rings. The van der Waals surface area contributed by atoms with Gasteiger partial charge in [0.15, 0.2) is 0 Å². The zero-order valence-electron chi connectivity index (χ0n) is 12.9. The summed E-state index contributed by atoms with van der Waals surface area (Å²) in [5.41, 5.74) is 3.71. The molecule has 0 spiro atoms. The molecule has 22 heavy (non-hydrogen) atoms. The molecule has 1 aliphatic heterocycles. The van der Waals surface area contributed by atoms with E-state index < -0.39 is 0 Å². The second-order valence-corrected chi connectivity index (χ2v) is 7.07. The average molecular weight is 317 g/mol. The minimum absolute atomic E-state index is 0.0343. The topological polar surface area (TPSA) is 56.9 Å². The number of carbonyl (C=O) groups is 1. The molecule has 1 saturated heterocycles. The Balaban J connectivity index is 1.49. The summed E-state index contributed by atoms with van der Waals surface area (Å²) in [6.07, 6.45) is 5.06. The first kappa shape index (κ1) is 15.3. The number of aromatic amines is 1. The molecule has 0 unspecified atom stereocenters. The van der Waals surface area contributed by atoms with Crippen molar-refractivity contribution in [3.05, 3.63) is 35.5 Å². The molecule has 0 saturated carbocycles. The first-order valence-electron chi connectivity index (χ1n) is 7.92. The molecule has 1 aliphatic rings. The highest BCUT2D eigenvalue weighted by atomic mass is 32.2. The highest BCUT2D eigenvalue weighted by Gasteiger charge is 2.15.